The van der Waals surface area contributed by atoms with Crippen molar-refractivity contribution in [3.8, 4) is 0 Å². The average Bonchev–Trinajstić information content (AvgIpc) is 2.59. The third kappa shape index (κ3) is 3.31. The molecule has 118 valence electrons. The third-order valence-corrected chi connectivity index (χ3v) is 3.87. The number of nitrogens with two attached hydrogens (primary N) is 1. The highest BCUT2D eigenvalue weighted by atomic mass is 16.2. The monoisotopic (exact) mass is 310 g/mol. The summed E-state index contributed by atoms with van der Waals surface area (Å²) in [7, 11) is 0. The average molecular weight is 310 g/mol. The SMILES string of the molecule is NC(=O)NCc1ccc(C(=O)N2CCCc3ncccc32)cc1. The summed E-state index contributed by atoms with van der Waals surface area (Å²) in [5.41, 5.74) is 8.41. The fourth-order valence-electron chi connectivity index (χ4n) is 2.71. The molecule has 0 atom stereocenters. The number of rotatable bonds is 3. The Morgan fingerprint density at radius 2 is 2.00 bits per heavy atom. The van der Waals surface area contributed by atoms with Gasteiger partial charge < -0.3 is 16.0 Å². The fourth-order valence-corrected chi connectivity index (χ4v) is 2.71. The Bertz CT molecular complexity index is 728. The zero-order chi connectivity index (χ0) is 16.2. The molecule has 0 fully saturated rings. The van der Waals surface area contributed by atoms with Gasteiger partial charge in [0.15, 0.2) is 0 Å². The molecule has 2 aromatic rings. The number of carbonyl (C=O) groups is 2. The summed E-state index contributed by atoms with van der Waals surface area (Å²) in [5.74, 6) is -0.0339. The predicted molar refractivity (Wildman–Crippen MR) is 87.1 cm³/mol. The van der Waals surface area contributed by atoms with Gasteiger partial charge in [0.05, 0.1) is 11.4 Å². The van der Waals surface area contributed by atoms with Crippen molar-refractivity contribution in [2.45, 2.75) is 19.4 Å². The Kier molecular flexibility index (Phi) is 4.23. The van der Waals surface area contributed by atoms with Gasteiger partial charge in [-0.3, -0.25) is 9.78 Å². The maximum Gasteiger partial charge on any atom is 0.312 e. The van der Waals surface area contributed by atoms with Crippen molar-refractivity contribution in [3.05, 3.63) is 59.4 Å². The van der Waals surface area contributed by atoms with Crippen LogP contribution in [0.2, 0.25) is 0 Å². The third-order valence-electron chi connectivity index (χ3n) is 3.87. The molecule has 6 heteroatoms. The van der Waals surface area contributed by atoms with Gasteiger partial charge in [-0.25, -0.2) is 4.79 Å². The van der Waals surface area contributed by atoms with Gasteiger partial charge in [0.25, 0.3) is 5.91 Å². The minimum absolute atomic E-state index is 0.0339. The van der Waals surface area contributed by atoms with Crippen molar-refractivity contribution in [2.75, 3.05) is 11.4 Å². The van der Waals surface area contributed by atoms with Crippen molar-refractivity contribution in [2.24, 2.45) is 5.73 Å². The number of hydrogen-bond donors (Lipinski definition) is 2. The standard InChI is InChI=1S/C17H18N4O2/c18-17(23)20-11-12-5-7-13(8-6-12)16(22)21-10-2-3-14-15(21)4-1-9-19-14/h1,4-9H,2-3,10-11H2,(H3,18,20,23). The van der Waals surface area contributed by atoms with E-state index in [0.717, 1.165) is 29.8 Å². The lowest BCUT2D eigenvalue weighted by atomic mass is 10.0. The number of carbonyl (C=O) groups excluding carboxylic acids is 2. The van der Waals surface area contributed by atoms with Crippen LogP contribution in [-0.2, 0) is 13.0 Å². The molecule has 1 aliphatic rings. The van der Waals surface area contributed by atoms with Crippen LogP contribution in [0.3, 0.4) is 0 Å². The number of primary amides is 1. The first kappa shape index (κ1) is 15.0. The molecule has 1 aromatic carbocycles. The van der Waals surface area contributed by atoms with Gasteiger partial charge >= 0.3 is 6.03 Å². The summed E-state index contributed by atoms with van der Waals surface area (Å²) in [4.78, 5) is 29.6. The van der Waals surface area contributed by atoms with E-state index < -0.39 is 6.03 Å². The van der Waals surface area contributed by atoms with Crippen molar-refractivity contribution in [1.82, 2.24) is 10.3 Å². The van der Waals surface area contributed by atoms with Crippen LogP contribution in [0.15, 0.2) is 42.6 Å². The quantitative estimate of drug-likeness (QED) is 0.906. The number of amides is 3. The second-order valence-corrected chi connectivity index (χ2v) is 5.44. The van der Waals surface area contributed by atoms with Crippen LogP contribution >= 0.6 is 0 Å². The van der Waals surface area contributed by atoms with Crippen LogP contribution in [0.4, 0.5) is 10.5 Å². The Morgan fingerprint density at radius 1 is 1.22 bits per heavy atom. The van der Waals surface area contributed by atoms with E-state index in [1.54, 1.807) is 23.2 Å². The van der Waals surface area contributed by atoms with E-state index in [4.69, 9.17) is 5.73 Å². The zero-order valence-electron chi connectivity index (χ0n) is 12.7. The molecule has 1 aromatic heterocycles. The summed E-state index contributed by atoms with van der Waals surface area (Å²) < 4.78 is 0. The predicted octanol–water partition coefficient (Wildman–Crippen LogP) is 1.84. The molecule has 6 nitrogen and oxygen atoms in total. The summed E-state index contributed by atoms with van der Waals surface area (Å²) in [5, 5.41) is 2.52. The molecule has 0 saturated heterocycles. The number of nitrogens with zero attached hydrogens (tertiary/aromatic N) is 2. The second kappa shape index (κ2) is 6.48. The van der Waals surface area contributed by atoms with E-state index in [1.165, 1.54) is 0 Å². The lowest BCUT2D eigenvalue weighted by Gasteiger charge is -2.28. The highest BCUT2D eigenvalue weighted by molar-refractivity contribution is 6.06. The summed E-state index contributed by atoms with van der Waals surface area (Å²) in [6, 6.07) is 10.4. The molecular weight excluding hydrogens is 292 g/mol. The molecule has 0 spiro atoms. The molecule has 2 heterocycles. The second-order valence-electron chi connectivity index (χ2n) is 5.44. The highest BCUT2D eigenvalue weighted by Crippen LogP contribution is 2.26. The number of urea groups is 1. The number of aryl methyl sites for hydroxylation is 1. The van der Waals surface area contributed by atoms with Gasteiger partial charge in [0.1, 0.15) is 0 Å². The number of hydrogen-bond acceptors (Lipinski definition) is 3. The van der Waals surface area contributed by atoms with Crippen LogP contribution in [-0.4, -0.2) is 23.5 Å². The lowest BCUT2D eigenvalue weighted by Crippen LogP contribution is -2.35. The molecule has 0 saturated carbocycles. The molecule has 3 amide bonds. The number of fused-ring (bicyclic) bond motifs is 1. The van der Waals surface area contributed by atoms with Gasteiger partial charge in [0.2, 0.25) is 0 Å². The topological polar surface area (TPSA) is 88.3 Å². The van der Waals surface area contributed by atoms with Gasteiger partial charge in [-0.1, -0.05) is 12.1 Å². The smallest absolute Gasteiger partial charge is 0.312 e. The minimum Gasteiger partial charge on any atom is -0.352 e. The van der Waals surface area contributed by atoms with E-state index in [0.29, 0.717) is 18.7 Å². The fraction of sp³-hybridized carbons (Fsp3) is 0.235. The van der Waals surface area contributed by atoms with Crippen LogP contribution < -0.4 is 16.0 Å². The maximum absolute atomic E-state index is 12.7. The van der Waals surface area contributed by atoms with Crippen LogP contribution in [0.25, 0.3) is 0 Å². The minimum atomic E-state index is -0.567. The molecule has 3 N–H and O–H groups in total. The largest absolute Gasteiger partial charge is 0.352 e. The maximum atomic E-state index is 12.7. The number of anilines is 1. The summed E-state index contributed by atoms with van der Waals surface area (Å²) in [6.45, 7) is 1.04. The van der Waals surface area contributed by atoms with E-state index in [9.17, 15) is 9.59 Å². The molecule has 0 radical (unpaired) electrons. The van der Waals surface area contributed by atoms with Crippen molar-refractivity contribution >= 4 is 17.6 Å². The molecule has 0 aliphatic carbocycles. The number of pyridine rings is 1. The Morgan fingerprint density at radius 3 is 2.74 bits per heavy atom. The molecule has 0 bridgehead atoms. The highest BCUT2D eigenvalue weighted by Gasteiger charge is 2.23. The van der Waals surface area contributed by atoms with E-state index in [2.05, 4.69) is 10.3 Å². The van der Waals surface area contributed by atoms with Crippen molar-refractivity contribution in [1.29, 1.82) is 0 Å². The van der Waals surface area contributed by atoms with Crippen LogP contribution in [0.1, 0.15) is 28.0 Å². The Balaban J connectivity index is 1.77. The van der Waals surface area contributed by atoms with Gasteiger partial charge in [-0.2, -0.15) is 0 Å². The van der Waals surface area contributed by atoms with Crippen molar-refractivity contribution in [3.63, 3.8) is 0 Å². The molecule has 23 heavy (non-hydrogen) atoms. The van der Waals surface area contributed by atoms with Gasteiger partial charge in [-0.15, -0.1) is 0 Å². The normalized spacial score (nSPS) is 13.3. The zero-order valence-corrected chi connectivity index (χ0v) is 12.7. The number of nitrogens with one attached hydrogen (secondary N) is 1. The summed E-state index contributed by atoms with van der Waals surface area (Å²) >= 11 is 0. The first-order valence-corrected chi connectivity index (χ1v) is 7.53. The summed E-state index contributed by atoms with van der Waals surface area (Å²) in [6.07, 6.45) is 3.57. The van der Waals surface area contributed by atoms with E-state index >= 15 is 0 Å². The molecule has 3 rings (SSSR count). The van der Waals surface area contributed by atoms with E-state index in [1.807, 2.05) is 24.3 Å². The van der Waals surface area contributed by atoms with Gasteiger partial charge in [-0.05, 0) is 42.7 Å². The molecule has 1 aliphatic heterocycles. The first-order valence-electron chi connectivity index (χ1n) is 7.53. The molecular formula is C17H18N4O2. The van der Waals surface area contributed by atoms with E-state index in [-0.39, 0.29) is 5.91 Å². The number of aromatic nitrogens is 1. The van der Waals surface area contributed by atoms with Crippen molar-refractivity contribution < 1.29 is 9.59 Å². The first-order chi connectivity index (χ1) is 11.1. The van der Waals surface area contributed by atoms with Crippen LogP contribution in [0, 0.1) is 0 Å². The Hall–Kier alpha value is -2.89. The lowest BCUT2D eigenvalue weighted by molar-refractivity contribution is 0.0985. The molecule has 0 unspecified atom stereocenters. The Labute approximate surface area is 134 Å². The number of benzene rings is 1. The van der Waals surface area contributed by atoms with Gasteiger partial charge in [0, 0.05) is 24.8 Å². The van der Waals surface area contributed by atoms with Crippen LogP contribution in [0.5, 0.6) is 0 Å².